The largest absolute Gasteiger partial charge is 0.466 e. The SMILES string of the molecule is C[C@H](Oc1ncc(C(N)=O)cc1Br)c1nnc(-c2ccccc2Cl)n1C. The molecule has 7 nitrogen and oxygen atoms in total. The van der Waals surface area contributed by atoms with E-state index in [1.54, 1.807) is 12.1 Å². The second-order valence-corrected chi connectivity index (χ2v) is 6.82. The molecule has 134 valence electrons. The van der Waals surface area contributed by atoms with E-state index >= 15 is 0 Å². The molecule has 0 bridgehead atoms. The van der Waals surface area contributed by atoms with Crippen molar-refractivity contribution in [1.29, 1.82) is 0 Å². The van der Waals surface area contributed by atoms with Gasteiger partial charge in [0.15, 0.2) is 17.8 Å². The normalized spacial score (nSPS) is 12.0. The fraction of sp³-hybridized carbons (Fsp3) is 0.176. The summed E-state index contributed by atoms with van der Waals surface area (Å²) >= 11 is 9.58. The lowest BCUT2D eigenvalue weighted by atomic mass is 10.2. The van der Waals surface area contributed by atoms with E-state index in [4.69, 9.17) is 22.1 Å². The van der Waals surface area contributed by atoms with Gasteiger partial charge < -0.3 is 15.0 Å². The molecular formula is C17H15BrClN5O2. The van der Waals surface area contributed by atoms with Gasteiger partial charge in [-0.3, -0.25) is 4.79 Å². The number of nitrogens with two attached hydrogens (primary N) is 1. The van der Waals surface area contributed by atoms with Crippen LogP contribution < -0.4 is 10.5 Å². The Hall–Kier alpha value is -2.45. The lowest BCUT2D eigenvalue weighted by Gasteiger charge is -2.15. The van der Waals surface area contributed by atoms with Crippen LogP contribution in [0.15, 0.2) is 41.0 Å². The molecule has 0 aliphatic heterocycles. The molecule has 2 N–H and O–H groups in total. The lowest BCUT2D eigenvalue weighted by Crippen LogP contribution is -2.13. The monoisotopic (exact) mass is 435 g/mol. The van der Waals surface area contributed by atoms with Gasteiger partial charge in [-0.1, -0.05) is 23.7 Å². The number of hydrogen-bond acceptors (Lipinski definition) is 5. The third-order valence-corrected chi connectivity index (χ3v) is 4.66. The molecule has 0 aliphatic carbocycles. The Bertz CT molecular complexity index is 976. The van der Waals surface area contributed by atoms with Crippen LogP contribution in [0.1, 0.15) is 29.2 Å². The quantitative estimate of drug-likeness (QED) is 0.660. The maximum atomic E-state index is 11.2. The Kier molecular flexibility index (Phi) is 5.24. The minimum absolute atomic E-state index is 0.288. The highest BCUT2D eigenvalue weighted by Gasteiger charge is 2.20. The van der Waals surface area contributed by atoms with Crippen molar-refractivity contribution in [2.45, 2.75) is 13.0 Å². The zero-order chi connectivity index (χ0) is 18.8. The van der Waals surface area contributed by atoms with E-state index < -0.39 is 12.0 Å². The third kappa shape index (κ3) is 3.56. The molecule has 26 heavy (non-hydrogen) atoms. The van der Waals surface area contributed by atoms with Gasteiger partial charge in [0, 0.05) is 18.8 Å². The molecule has 0 radical (unpaired) electrons. The van der Waals surface area contributed by atoms with Gasteiger partial charge in [0.25, 0.3) is 0 Å². The van der Waals surface area contributed by atoms with E-state index in [0.717, 1.165) is 5.56 Å². The summed E-state index contributed by atoms with van der Waals surface area (Å²) in [5, 5.41) is 9.03. The number of primary amides is 1. The zero-order valence-electron chi connectivity index (χ0n) is 14.0. The first-order chi connectivity index (χ1) is 12.4. The molecule has 1 amide bonds. The molecule has 0 spiro atoms. The van der Waals surface area contributed by atoms with Gasteiger partial charge in [-0.15, -0.1) is 10.2 Å². The van der Waals surface area contributed by atoms with E-state index in [9.17, 15) is 4.79 Å². The topological polar surface area (TPSA) is 95.9 Å². The average Bonchev–Trinajstić information content (AvgIpc) is 2.98. The number of hydrogen-bond donors (Lipinski definition) is 1. The summed E-state index contributed by atoms with van der Waals surface area (Å²) in [4.78, 5) is 15.3. The summed E-state index contributed by atoms with van der Waals surface area (Å²) in [6.45, 7) is 1.83. The highest BCUT2D eigenvalue weighted by Crippen LogP contribution is 2.30. The molecular weight excluding hydrogens is 422 g/mol. The standard InChI is InChI=1S/C17H15BrClN5O2/c1-9(26-17-12(18)7-10(8-21-17)14(20)25)15-22-23-16(24(15)2)11-5-3-4-6-13(11)19/h3-9H,1-2H3,(H2,20,25)/t9-/m0/s1. The van der Waals surface area contributed by atoms with Gasteiger partial charge in [-0.05, 0) is 41.1 Å². The molecule has 0 saturated carbocycles. The van der Waals surface area contributed by atoms with Crippen LogP contribution in [0.4, 0.5) is 0 Å². The molecule has 2 heterocycles. The van der Waals surface area contributed by atoms with Gasteiger partial charge in [-0.25, -0.2) is 4.98 Å². The number of amides is 1. The number of rotatable bonds is 5. The van der Waals surface area contributed by atoms with Crippen molar-refractivity contribution < 1.29 is 9.53 Å². The molecule has 2 aromatic heterocycles. The highest BCUT2D eigenvalue weighted by atomic mass is 79.9. The zero-order valence-corrected chi connectivity index (χ0v) is 16.3. The summed E-state index contributed by atoms with van der Waals surface area (Å²) in [5.74, 6) is 1.00. The van der Waals surface area contributed by atoms with Crippen LogP contribution in [0.5, 0.6) is 5.88 Å². The molecule has 3 aromatic rings. The Balaban J connectivity index is 1.87. The van der Waals surface area contributed by atoms with Crippen LogP contribution in [-0.2, 0) is 7.05 Å². The fourth-order valence-corrected chi connectivity index (χ4v) is 3.10. The number of pyridine rings is 1. The number of carbonyl (C=O) groups is 1. The average molecular weight is 437 g/mol. The van der Waals surface area contributed by atoms with Crippen molar-refractivity contribution in [3.8, 4) is 17.3 Å². The number of carbonyl (C=O) groups excluding carboxylic acids is 1. The Morgan fingerprint density at radius 1 is 1.35 bits per heavy atom. The van der Waals surface area contributed by atoms with E-state index in [1.807, 2.05) is 36.7 Å². The first-order valence-electron chi connectivity index (χ1n) is 7.64. The summed E-state index contributed by atoms with van der Waals surface area (Å²) in [6, 6.07) is 8.97. The number of aromatic nitrogens is 4. The van der Waals surface area contributed by atoms with Crippen molar-refractivity contribution in [2.75, 3.05) is 0 Å². The van der Waals surface area contributed by atoms with Gasteiger partial charge >= 0.3 is 0 Å². The van der Waals surface area contributed by atoms with E-state index in [2.05, 4.69) is 31.1 Å². The maximum absolute atomic E-state index is 11.2. The number of halogens is 2. The Labute approximate surface area is 163 Å². The smallest absolute Gasteiger partial charge is 0.250 e. The van der Waals surface area contributed by atoms with E-state index in [0.29, 0.717) is 27.0 Å². The van der Waals surface area contributed by atoms with Crippen LogP contribution in [0.25, 0.3) is 11.4 Å². The summed E-state index contributed by atoms with van der Waals surface area (Å²) in [6.07, 6.45) is 0.924. The molecule has 1 atom stereocenters. The van der Waals surface area contributed by atoms with Gasteiger partial charge in [0.1, 0.15) is 0 Å². The molecule has 0 aliphatic rings. The van der Waals surface area contributed by atoms with Crippen LogP contribution in [0.2, 0.25) is 5.02 Å². The molecule has 9 heteroatoms. The number of nitrogens with zero attached hydrogens (tertiary/aromatic N) is 4. The second-order valence-electron chi connectivity index (χ2n) is 5.56. The van der Waals surface area contributed by atoms with Gasteiger partial charge in [0.2, 0.25) is 11.8 Å². The first kappa shape index (κ1) is 18.3. The predicted octanol–water partition coefficient (Wildman–Crippen LogP) is 3.53. The van der Waals surface area contributed by atoms with Gasteiger partial charge in [0.05, 0.1) is 15.1 Å². The summed E-state index contributed by atoms with van der Waals surface area (Å²) in [5.41, 5.74) is 6.32. The van der Waals surface area contributed by atoms with E-state index in [-0.39, 0.29) is 5.56 Å². The Morgan fingerprint density at radius 3 is 2.73 bits per heavy atom. The minimum Gasteiger partial charge on any atom is -0.466 e. The highest BCUT2D eigenvalue weighted by molar-refractivity contribution is 9.10. The van der Waals surface area contributed by atoms with Crippen molar-refractivity contribution in [1.82, 2.24) is 19.7 Å². The molecule has 3 rings (SSSR count). The van der Waals surface area contributed by atoms with Crippen LogP contribution >= 0.6 is 27.5 Å². The van der Waals surface area contributed by atoms with Crippen molar-refractivity contribution in [3.63, 3.8) is 0 Å². The fourth-order valence-electron chi connectivity index (χ4n) is 2.44. The lowest BCUT2D eigenvalue weighted by molar-refractivity contribution is 0.0999. The summed E-state index contributed by atoms with van der Waals surface area (Å²) < 4.78 is 8.20. The predicted molar refractivity (Wildman–Crippen MR) is 101 cm³/mol. The molecule has 0 saturated heterocycles. The van der Waals surface area contributed by atoms with Crippen molar-refractivity contribution >= 4 is 33.4 Å². The number of ether oxygens (including phenoxy) is 1. The van der Waals surface area contributed by atoms with Gasteiger partial charge in [-0.2, -0.15) is 0 Å². The summed E-state index contributed by atoms with van der Waals surface area (Å²) in [7, 11) is 1.84. The first-order valence-corrected chi connectivity index (χ1v) is 8.81. The van der Waals surface area contributed by atoms with Crippen LogP contribution in [0, 0.1) is 0 Å². The second kappa shape index (κ2) is 7.43. The van der Waals surface area contributed by atoms with Crippen LogP contribution in [0.3, 0.4) is 0 Å². The maximum Gasteiger partial charge on any atom is 0.250 e. The van der Waals surface area contributed by atoms with Crippen LogP contribution in [-0.4, -0.2) is 25.7 Å². The minimum atomic E-state index is -0.560. The molecule has 1 aromatic carbocycles. The van der Waals surface area contributed by atoms with Crippen molar-refractivity contribution in [2.24, 2.45) is 12.8 Å². The number of benzene rings is 1. The van der Waals surface area contributed by atoms with Crippen molar-refractivity contribution in [3.05, 3.63) is 57.4 Å². The molecule has 0 unspecified atom stereocenters. The Morgan fingerprint density at radius 2 is 2.08 bits per heavy atom. The molecule has 0 fully saturated rings. The van der Waals surface area contributed by atoms with E-state index in [1.165, 1.54) is 6.20 Å². The third-order valence-electron chi connectivity index (χ3n) is 3.77.